The molecule has 1 unspecified atom stereocenters. The molecule has 5 heteroatoms. The third-order valence-corrected chi connectivity index (χ3v) is 3.59. The summed E-state index contributed by atoms with van der Waals surface area (Å²) in [6, 6.07) is 16.4. The van der Waals surface area contributed by atoms with Crippen molar-refractivity contribution in [3.8, 4) is 6.07 Å². The maximum atomic E-state index is 11.4. The first-order chi connectivity index (χ1) is 10.1. The number of aliphatic carboxylic acids is 1. The zero-order valence-electron chi connectivity index (χ0n) is 11.1. The SMILES string of the molecule is N#Cc1cc(Br)ccc1NCC(C(=O)O)c1ccccc1. The molecule has 2 aromatic carbocycles. The fourth-order valence-electron chi connectivity index (χ4n) is 2.01. The Morgan fingerprint density at radius 3 is 2.62 bits per heavy atom. The predicted molar refractivity (Wildman–Crippen MR) is 84.2 cm³/mol. The third-order valence-electron chi connectivity index (χ3n) is 3.10. The van der Waals surface area contributed by atoms with Crippen LogP contribution in [0.4, 0.5) is 5.69 Å². The molecule has 0 heterocycles. The smallest absolute Gasteiger partial charge is 0.312 e. The van der Waals surface area contributed by atoms with E-state index in [0.29, 0.717) is 11.3 Å². The van der Waals surface area contributed by atoms with Crippen molar-refractivity contribution in [2.45, 2.75) is 5.92 Å². The predicted octanol–water partition coefficient (Wildman–Crippen LogP) is 3.60. The van der Waals surface area contributed by atoms with Gasteiger partial charge in [0.15, 0.2) is 0 Å². The molecular formula is C16H13BrN2O2. The minimum atomic E-state index is -0.899. The zero-order chi connectivity index (χ0) is 15.2. The fourth-order valence-corrected chi connectivity index (χ4v) is 2.37. The minimum Gasteiger partial charge on any atom is -0.481 e. The third kappa shape index (κ3) is 3.83. The molecule has 4 nitrogen and oxygen atoms in total. The number of anilines is 1. The van der Waals surface area contributed by atoms with Crippen LogP contribution >= 0.6 is 15.9 Å². The van der Waals surface area contributed by atoms with Crippen LogP contribution in [0.2, 0.25) is 0 Å². The van der Waals surface area contributed by atoms with Crippen LogP contribution in [0.25, 0.3) is 0 Å². The molecule has 0 bridgehead atoms. The molecule has 0 amide bonds. The number of carboxylic acids is 1. The van der Waals surface area contributed by atoms with Crippen LogP contribution < -0.4 is 5.32 Å². The van der Waals surface area contributed by atoms with E-state index < -0.39 is 11.9 Å². The Kier molecular flexibility index (Phi) is 4.96. The summed E-state index contributed by atoms with van der Waals surface area (Å²) in [5.41, 5.74) is 1.83. The van der Waals surface area contributed by atoms with Gasteiger partial charge in [-0.1, -0.05) is 46.3 Å². The maximum absolute atomic E-state index is 11.4. The van der Waals surface area contributed by atoms with Crippen LogP contribution in [0.1, 0.15) is 17.0 Å². The number of carbonyl (C=O) groups is 1. The highest BCUT2D eigenvalue weighted by atomic mass is 79.9. The largest absolute Gasteiger partial charge is 0.481 e. The number of nitrogens with one attached hydrogen (secondary N) is 1. The van der Waals surface area contributed by atoms with Gasteiger partial charge in [-0.05, 0) is 23.8 Å². The molecule has 0 saturated heterocycles. The van der Waals surface area contributed by atoms with Crippen molar-refractivity contribution in [1.29, 1.82) is 5.26 Å². The average Bonchev–Trinajstić information content (AvgIpc) is 2.49. The van der Waals surface area contributed by atoms with Gasteiger partial charge in [0.1, 0.15) is 6.07 Å². The lowest BCUT2D eigenvalue weighted by Gasteiger charge is -2.15. The van der Waals surface area contributed by atoms with Crippen molar-refractivity contribution in [1.82, 2.24) is 0 Å². The van der Waals surface area contributed by atoms with Gasteiger partial charge in [-0.15, -0.1) is 0 Å². The molecule has 2 N–H and O–H groups in total. The number of hydrogen-bond donors (Lipinski definition) is 2. The summed E-state index contributed by atoms with van der Waals surface area (Å²) in [5, 5.41) is 21.5. The number of rotatable bonds is 5. The Labute approximate surface area is 131 Å². The Morgan fingerprint density at radius 1 is 1.29 bits per heavy atom. The van der Waals surface area contributed by atoms with Gasteiger partial charge in [-0.2, -0.15) is 5.26 Å². The van der Waals surface area contributed by atoms with Crippen LogP contribution in [0.5, 0.6) is 0 Å². The van der Waals surface area contributed by atoms with Crippen molar-refractivity contribution in [3.05, 3.63) is 64.1 Å². The molecule has 0 fully saturated rings. The molecular weight excluding hydrogens is 332 g/mol. The lowest BCUT2D eigenvalue weighted by atomic mass is 9.99. The first kappa shape index (κ1) is 15.1. The van der Waals surface area contributed by atoms with Gasteiger partial charge < -0.3 is 10.4 Å². The van der Waals surface area contributed by atoms with Crippen LogP contribution in [0, 0.1) is 11.3 Å². The summed E-state index contributed by atoms with van der Waals surface area (Å²) in [4.78, 5) is 11.4. The van der Waals surface area contributed by atoms with Crippen LogP contribution in [-0.2, 0) is 4.79 Å². The molecule has 0 aromatic heterocycles. The average molecular weight is 345 g/mol. The highest BCUT2D eigenvalue weighted by Gasteiger charge is 2.19. The Bertz CT molecular complexity index is 680. The molecule has 2 rings (SSSR count). The number of halogens is 1. The van der Waals surface area contributed by atoms with E-state index in [2.05, 4.69) is 27.3 Å². The number of carboxylic acid groups (broad SMARTS) is 1. The van der Waals surface area contributed by atoms with Crippen LogP contribution in [-0.4, -0.2) is 17.6 Å². The summed E-state index contributed by atoms with van der Waals surface area (Å²) < 4.78 is 0.808. The first-order valence-corrected chi connectivity index (χ1v) is 7.12. The highest BCUT2D eigenvalue weighted by molar-refractivity contribution is 9.10. The van der Waals surface area contributed by atoms with Crippen molar-refractivity contribution in [2.75, 3.05) is 11.9 Å². The standard InChI is InChI=1S/C16H13BrN2O2/c17-13-6-7-15(12(8-13)9-18)19-10-14(16(20)21)11-4-2-1-3-5-11/h1-8,14,19H,10H2,(H,20,21). The molecule has 1 atom stereocenters. The molecule has 0 aliphatic rings. The summed E-state index contributed by atoms with van der Waals surface area (Å²) in [5.74, 6) is -1.56. The summed E-state index contributed by atoms with van der Waals surface area (Å²) in [7, 11) is 0. The number of benzene rings is 2. The Morgan fingerprint density at radius 2 is 2.00 bits per heavy atom. The second-order valence-corrected chi connectivity index (χ2v) is 5.40. The van der Waals surface area contributed by atoms with E-state index in [9.17, 15) is 9.90 Å². The van der Waals surface area contributed by atoms with Gasteiger partial charge in [0.2, 0.25) is 0 Å². The van der Waals surface area contributed by atoms with E-state index in [4.69, 9.17) is 5.26 Å². The summed E-state index contributed by atoms with van der Waals surface area (Å²) in [6.45, 7) is 0.218. The molecule has 2 aromatic rings. The molecule has 0 radical (unpaired) electrons. The fraction of sp³-hybridized carbons (Fsp3) is 0.125. The Balaban J connectivity index is 2.17. The van der Waals surface area contributed by atoms with E-state index in [0.717, 1.165) is 10.0 Å². The van der Waals surface area contributed by atoms with Gasteiger partial charge >= 0.3 is 5.97 Å². The molecule has 21 heavy (non-hydrogen) atoms. The number of nitrogens with zero attached hydrogens (tertiary/aromatic N) is 1. The van der Waals surface area contributed by atoms with E-state index in [-0.39, 0.29) is 6.54 Å². The van der Waals surface area contributed by atoms with Gasteiger partial charge in [-0.3, -0.25) is 4.79 Å². The number of nitriles is 1. The lowest BCUT2D eigenvalue weighted by molar-refractivity contribution is -0.138. The zero-order valence-corrected chi connectivity index (χ0v) is 12.7. The molecule has 106 valence electrons. The second-order valence-electron chi connectivity index (χ2n) is 4.48. The molecule has 0 aliphatic carbocycles. The topological polar surface area (TPSA) is 73.1 Å². The molecule has 0 aliphatic heterocycles. The van der Waals surface area contributed by atoms with E-state index >= 15 is 0 Å². The highest BCUT2D eigenvalue weighted by Crippen LogP contribution is 2.22. The summed E-state index contributed by atoms with van der Waals surface area (Å²) >= 11 is 3.30. The van der Waals surface area contributed by atoms with Gasteiger partial charge in [0, 0.05) is 11.0 Å². The van der Waals surface area contributed by atoms with Crippen LogP contribution in [0.3, 0.4) is 0 Å². The number of hydrogen-bond acceptors (Lipinski definition) is 3. The quantitative estimate of drug-likeness (QED) is 0.868. The van der Waals surface area contributed by atoms with Gasteiger partial charge in [-0.25, -0.2) is 0 Å². The molecule has 0 spiro atoms. The monoisotopic (exact) mass is 344 g/mol. The van der Waals surface area contributed by atoms with E-state index in [1.165, 1.54) is 0 Å². The lowest BCUT2D eigenvalue weighted by Crippen LogP contribution is -2.21. The Hall–Kier alpha value is -2.32. The first-order valence-electron chi connectivity index (χ1n) is 6.33. The maximum Gasteiger partial charge on any atom is 0.312 e. The second kappa shape index (κ2) is 6.91. The molecule has 0 saturated carbocycles. The van der Waals surface area contributed by atoms with Gasteiger partial charge in [0.25, 0.3) is 0 Å². The van der Waals surface area contributed by atoms with Crippen molar-refractivity contribution >= 4 is 27.6 Å². The van der Waals surface area contributed by atoms with E-state index in [1.54, 1.807) is 24.3 Å². The van der Waals surface area contributed by atoms with E-state index in [1.807, 2.05) is 24.3 Å². The van der Waals surface area contributed by atoms with Crippen molar-refractivity contribution in [3.63, 3.8) is 0 Å². The van der Waals surface area contributed by atoms with Crippen molar-refractivity contribution < 1.29 is 9.90 Å². The normalized spacial score (nSPS) is 11.4. The minimum absolute atomic E-state index is 0.218. The summed E-state index contributed by atoms with van der Waals surface area (Å²) in [6.07, 6.45) is 0. The van der Waals surface area contributed by atoms with Crippen molar-refractivity contribution in [2.24, 2.45) is 0 Å². The van der Waals surface area contributed by atoms with Gasteiger partial charge in [0.05, 0.1) is 17.2 Å². The van der Waals surface area contributed by atoms with Crippen LogP contribution in [0.15, 0.2) is 53.0 Å².